The van der Waals surface area contributed by atoms with Crippen molar-refractivity contribution in [2.45, 2.75) is 25.8 Å². The Morgan fingerprint density at radius 2 is 1.92 bits per heavy atom. The SMILES string of the molecule is CN1CCC2(CC1)Cc1cc(Cl)c(Cl)cc1NC2=NCc1cn(C)nn1. The van der Waals surface area contributed by atoms with Crippen LogP contribution in [0.3, 0.4) is 0 Å². The van der Waals surface area contributed by atoms with E-state index in [0.29, 0.717) is 16.6 Å². The summed E-state index contributed by atoms with van der Waals surface area (Å²) in [7, 11) is 4.03. The van der Waals surface area contributed by atoms with E-state index in [4.69, 9.17) is 28.2 Å². The molecule has 2 aliphatic rings. The van der Waals surface area contributed by atoms with Gasteiger partial charge >= 0.3 is 0 Å². The van der Waals surface area contributed by atoms with Crippen molar-refractivity contribution in [1.82, 2.24) is 19.9 Å². The van der Waals surface area contributed by atoms with Crippen LogP contribution >= 0.6 is 23.2 Å². The largest absolute Gasteiger partial charge is 0.343 e. The van der Waals surface area contributed by atoms with Crippen LogP contribution in [0.1, 0.15) is 24.1 Å². The topological polar surface area (TPSA) is 58.3 Å². The molecule has 0 bridgehead atoms. The number of anilines is 1. The Balaban J connectivity index is 1.69. The third kappa shape index (κ3) is 3.33. The lowest BCUT2D eigenvalue weighted by Gasteiger charge is -2.45. The highest BCUT2D eigenvalue weighted by molar-refractivity contribution is 6.42. The maximum Gasteiger partial charge on any atom is 0.108 e. The van der Waals surface area contributed by atoms with Gasteiger partial charge in [-0.1, -0.05) is 28.4 Å². The molecule has 138 valence electrons. The molecule has 1 aromatic carbocycles. The summed E-state index contributed by atoms with van der Waals surface area (Å²) in [6, 6.07) is 3.89. The summed E-state index contributed by atoms with van der Waals surface area (Å²) in [6.07, 6.45) is 4.96. The number of nitrogens with one attached hydrogen (secondary N) is 1. The molecule has 0 saturated carbocycles. The second-order valence-corrected chi connectivity index (χ2v) is 8.17. The molecule has 8 heteroatoms. The maximum absolute atomic E-state index is 6.26. The lowest BCUT2D eigenvalue weighted by Crippen LogP contribution is -2.49. The van der Waals surface area contributed by atoms with Crippen molar-refractivity contribution in [2.24, 2.45) is 17.5 Å². The van der Waals surface area contributed by atoms with Crippen LogP contribution in [-0.2, 0) is 20.0 Å². The fourth-order valence-corrected chi connectivity index (χ4v) is 4.20. The summed E-state index contributed by atoms with van der Waals surface area (Å²) in [6.45, 7) is 2.63. The number of nitrogens with zero attached hydrogens (tertiary/aromatic N) is 5. The highest BCUT2D eigenvalue weighted by Gasteiger charge is 2.42. The summed E-state index contributed by atoms with van der Waals surface area (Å²) in [5, 5.41) is 12.9. The zero-order valence-corrected chi connectivity index (χ0v) is 16.5. The summed E-state index contributed by atoms with van der Waals surface area (Å²) in [4.78, 5) is 7.29. The fourth-order valence-electron chi connectivity index (χ4n) is 3.85. The first-order valence-electron chi connectivity index (χ1n) is 8.79. The third-order valence-electron chi connectivity index (χ3n) is 5.42. The van der Waals surface area contributed by atoms with Crippen molar-refractivity contribution in [1.29, 1.82) is 0 Å². The van der Waals surface area contributed by atoms with E-state index in [9.17, 15) is 0 Å². The first-order valence-corrected chi connectivity index (χ1v) is 9.54. The number of amidine groups is 1. The molecule has 3 heterocycles. The van der Waals surface area contributed by atoms with E-state index in [0.717, 1.165) is 49.6 Å². The Bertz CT molecular complexity index is 851. The number of likely N-dealkylation sites (tertiary alicyclic amines) is 1. The summed E-state index contributed by atoms with van der Waals surface area (Å²) in [5.41, 5.74) is 3.09. The van der Waals surface area contributed by atoms with Gasteiger partial charge in [0.15, 0.2) is 0 Å². The maximum atomic E-state index is 6.26. The van der Waals surface area contributed by atoms with Crippen molar-refractivity contribution < 1.29 is 0 Å². The Morgan fingerprint density at radius 3 is 2.62 bits per heavy atom. The minimum atomic E-state index is 0.0128. The molecule has 2 aromatic rings. The molecule has 0 atom stereocenters. The van der Waals surface area contributed by atoms with Crippen LogP contribution in [0.25, 0.3) is 0 Å². The highest BCUT2D eigenvalue weighted by atomic mass is 35.5. The average Bonchev–Trinajstić information content (AvgIpc) is 3.03. The van der Waals surface area contributed by atoms with Crippen molar-refractivity contribution in [3.63, 3.8) is 0 Å². The standard InChI is InChI=1S/C18H22Cl2N6/c1-25-5-3-18(4-6-25)9-12-7-14(19)15(20)8-16(12)22-17(18)21-10-13-11-26(2)24-23-13/h7-8,11H,3-6,9-10H2,1-2H3,(H,21,22). The quantitative estimate of drug-likeness (QED) is 0.850. The van der Waals surface area contributed by atoms with Gasteiger partial charge in [0, 0.05) is 24.3 Å². The van der Waals surface area contributed by atoms with E-state index in [-0.39, 0.29) is 5.41 Å². The molecular formula is C18H22Cl2N6. The minimum Gasteiger partial charge on any atom is -0.343 e. The molecule has 1 N–H and O–H groups in total. The predicted octanol–water partition coefficient (Wildman–Crippen LogP) is 3.40. The van der Waals surface area contributed by atoms with Crippen LogP contribution in [0.5, 0.6) is 0 Å². The monoisotopic (exact) mass is 392 g/mol. The second-order valence-electron chi connectivity index (χ2n) is 7.36. The Morgan fingerprint density at radius 1 is 1.19 bits per heavy atom. The van der Waals surface area contributed by atoms with E-state index in [1.165, 1.54) is 5.56 Å². The third-order valence-corrected chi connectivity index (χ3v) is 6.15. The lowest BCUT2D eigenvalue weighted by atomic mass is 9.70. The van der Waals surface area contributed by atoms with Crippen LogP contribution in [-0.4, -0.2) is 45.9 Å². The molecule has 1 spiro atoms. The van der Waals surface area contributed by atoms with Gasteiger partial charge in [0.25, 0.3) is 0 Å². The number of fused-ring (bicyclic) bond motifs is 1. The van der Waals surface area contributed by atoms with Crippen molar-refractivity contribution in [2.75, 3.05) is 25.5 Å². The van der Waals surface area contributed by atoms with Crippen LogP contribution in [0, 0.1) is 5.41 Å². The summed E-state index contributed by atoms with van der Waals surface area (Å²) in [5.74, 6) is 1.03. The Labute approximate surface area is 163 Å². The molecule has 1 aromatic heterocycles. The van der Waals surface area contributed by atoms with E-state index >= 15 is 0 Å². The fraction of sp³-hybridized carbons (Fsp3) is 0.500. The van der Waals surface area contributed by atoms with Gasteiger partial charge in [-0.3, -0.25) is 9.67 Å². The Kier molecular flexibility index (Phi) is 4.67. The summed E-state index contributed by atoms with van der Waals surface area (Å²) < 4.78 is 1.70. The number of benzene rings is 1. The second kappa shape index (κ2) is 6.83. The van der Waals surface area contributed by atoms with E-state index in [1.807, 2.05) is 25.4 Å². The molecule has 26 heavy (non-hydrogen) atoms. The first-order chi connectivity index (χ1) is 12.4. The number of rotatable bonds is 2. The molecule has 0 aliphatic carbocycles. The van der Waals surface area contributed by atoms with Crippen molar-refractivity contribution in [3.8, 4) is 0 Å². The van der Waals surface area contributed by atoms with Gasteiger partial charge in [-0.2, -0.15) is 0 Å². The lowest BCUT2D eigenvalue weighted by molar-refractivity contribution is 0.178. The zero-order valence-electron chi connectivity index (χ0n) is 15.0. The van der Waals surface area contributed by atoms with Crippen molar-refractivity contribution in [3.05, 3.63) is 39.6 Å². The highest BCUT2D eigenvalue weighted by Crippen LogP contribution is 2.44. The van der Waals surface area contributed by atoms with Crippen LogP contribution < -0.4 is 5.32 Å². The minimum absolute atomic E-state index is 0.0128. The van der Waals surface area contributed by atoms with Gasteiger partial charge in [-0.15, -0.1) is 5.10 Å². The van der Waals surface area contributed by atoms with Gasteiger partial charge in [0.1, 0.15) is 11.5 Å². The molecule has 2 aliphatic heterocycles. The van der Waals surface area contributed by atoms with Crippen molar-refractivity contribution >= 4 is 34.7 Å². The molecule has 6 nitrogen and oxygen atoms in total. The van der Waals surface area contributed by atoms with E-state index in [2.05, 4.69) is 27.6 Å². The molecule has 1 fully saturated rings. The van der Waals surface area contributed by atoms with E-state index < -0.39 is 0 Å². The number of aromatic nitrogens is 3. The van der Waals surface area contributed by atoms with Gasteiger partial charge in [0.05, 0.1) is 16.6 Å². The van der Waals surface area contributed by atoms with E-state index in [1.54, 1.807) is 4.68 Å². The molecule has 4 rings (SSSR count). The van der Waals surface area contributed by atoms with Gasteiger partial charge < -0.3 is 10.2 Å². The molecule has 0 radical (unpaired) electrons. The molecule has 0 unspecified atom stereocenters. The number of hydrogen-bond donors (Lipinski definition) is 1. The summed E-state index contributed by atoms with van der Waals surface area (Å²) >= 11 is 12.5. The van der Waals surface area contributed by atoms with Crippen LogP contribution in [0.4, 0.5) is 5.69 Å². The zero-order chi connectivity index (χ0) is 18.3. The average molecular weight is 393 g/mol. The van der Waals surface area contributed by atoms with Crippen LogP contribution in [0.15, 0.2) is 23.3 Å². The number of aliphatic imine (C=N–C) groups is 1. The molecule has 0 amide bonds. The predicted molar refractivity (Wildman–Crippen MR) is 105 cm³/mol. The first kappa shape index (κ1) is 17.8. The Hall–Kier alpha value is -1.63. The smallest absolute Gasteiger partial charge is 0.108 e. The van der Waals surface area contributed by atoms with Gasteiger partial charge in [-0.25, -0.2) is 0 Å². The number of aryl methyl sites for hydroxylation is 1. The normalized spacial score (nSPS) is 21.0. The number of hydrogen-bond acceptors (Lipinski definition) is 4. The van der Waals surface area contributed by atoms with Gasteiger partial charge in [0.2, 0.25) is 0 Å². The van der Waals surface area contributed by atoms with Crippen LogP contribution in [0.2, 0.25) is 10.0 Å². The number of halogens is 2. The number of piperidine rings is 1. The molecule has 1 saturated heterocycles. The van der Waals surface area contributed by atoms with Gasteiger partial charge in [-0.05, 0) is 57.1 Å². The molecular weight excluding hydrogens is 371 g/mol.